The van der Waals surface area contributed by atoms with Gasteiger partial charge in [-0.1, -0.05) is 25.0 Å². The van der Waals surface area contributed by atoms with Crippen LogP contribution in [0.5, 0.6) is 0 Å². The molecular formula is C24H28BN4O2. The Morgan fingerprint density at radius 3 is 3.06 bits per heavy atom. The van der Waals surface area contributed by atoms with Crippen LogP contribution in [0.3, 0.4) is 0 Å². The zero-order chi connectivity index (χ0) is 22.1. The molecule has 6 nitrogen and oxygen atoms in total. The fourth-order valence-electron chi connectivity index (χ4n) is 3.49. The van der Waals surface area contributed by atoms with Crippen molar-refractivity contribution in [3.05, 3.63) is 59.5 Å². The van der Waals surface area contributed by atoms with Gasteiger partial charge < -0.3 is 21.0 Å². The van der Waals surface area contributed by atoms with Gasteiger partial charge in [0.25, 0.3) is 0 Å². The van der Waals surface area contributed by atoms with Crippen molar-refractivity contribution in [3.8, 4) is 11.8 Å². The lowest BCUT2D eigenvalue weighted by Crippen LogP contribution is -2.31. The molecule has 2 heterocycles. The molecule has 0 saturated carbocycles. The predicted octanol–water partition coefficient (Wildman–Crippen LogP) is 2.95. The zero-order valence-corrected chi connectivity index (χ0v) is 18.1. The molecule has 31 heavy (non-hydrogen) atoms. The van der Waals surface area contributed by atoms with Crippen LogP contribution in [0, 0.1) is 17.8 Å². The van der Waals surface area contributed by atoms with Crippen molar-refractivity contribution in [1.82, 2.24) is 10.2 Å². The molecule has 0 fully saturated rings. The number of rotatable bonds is 7. The van der Waals surface area contributed by atoms with E-state index >= 15 is 0 Å². The molecule has 7 heteroatoms. The van der Waals surface area contributed by atoms with E-state index in [2.05, 4.69) is 34.3 Å². The van der Waals surface area contributed by atoms with Crippen molar-refractivity contribution >= 4 is 29.8 Å². The Labute approximate surface area is 184 Å². The highest BCUT2D eigenvalue weighted by Gasteiger charge is 2.23. The first-order chi connectivity index (χ1) is 15.2. The molecule has 2 aromatic rings. The van der Waals surface area contributed by atoms with Gasteiger partial charge in [-0.05, 0) is 41.6 Å². The van der Waals surface area contributed by atoms with E-state index in [1.165, 1.54) is 0 Å². The van der Waals surface area contributed by atoms with Gasteiger partial charge in [0, 0.05) is 49.4 Å². The molecule has 1 radical (unpaired) electrons. The number of allylic oxidation sites excluding steroid dienone is 3. The highest BCUT2D eigenvalue weighted by atomic mass is 16.5. The molecule has 0 spiro atoms. The monoisotopic (exact) mass is 415 g/mol. The van der Waals surface area contributed by atoms with Crippen molar-refractivity contribution in [2.24, 2.45) is 11.7 Å². The summed E-state index contributed by atoms with van der Waals surface area (Å²) in [5, 5.41) is 8.29. The standard InChI is InChI=1S/C24H28BN4O2/c1-3-5-6-18(14-22-23(4-2)31-12-11-28-25-22)21(15-26)24(30)29-20-8-7-19-16-27-10-9-17(19)13-20/h7-10,13-14,16,21,28H,4,6,11-12,15,26H2,1-2H3,(H,29,30)/b18-14+. The van der Waals surface area contributed by atoms with E-state index in [9.17, 15) is 4.79 Å². The quantitative estimate of drug-likeness (QED) is 0.478. The Kier molecular flexibility index (Phi) is 8.28. The summed E-state index contributed by atoms with van der Waals surface area (Å²) in [7, 11) is 1.94. The summed E-state index contributed by atoms with van der Waals surface area (Å²) in [6, 6.07) is 7.67. The van der Waals surface area contributed by atoms with E-state index in [0.717, 1.165) is 46.2 Å². The summed E-state index contributed by atoms with van der Waals surface area (Å²) in [5.74, 6) is 6.24. The summed E-state index contributed by atoms with van der Waals surface area (Å²) in [6.45, 7) is 5.38. The van der Waals surface area contributed by atoms with E-state index in [0.29, 0.717) is 13.0 Å². The number of carbonyl (C=O) groups is 1. The third-order valence-electron chi connectivity index (χ3n) is 5.14. The van der Waals surface area contributed by atoms with Crippen LogP contribution in [0.15, 0.2) is 59.5 Å². The van der Waals surface area contributed by atoms with Crippen LogP contribution in [-0.2, 0) is 9.53 Å². The van der Waals surface area contributed by atoms with Gasteiger partial charge in [-0.2, -0.15) is 0 Å². The number of pyridine rings is 1. The van der Waals surface area contributed by atoms with Gasteiger partial charge in [0.1, 0.15) is 0 Å². The minimum Gasteiger partial charge on any atom is -0.497 e. The number of anilines is 1. The number of benzene rings is 1. The van der Waals surface area contributed by atoms with E-state index in [1.807, 2.05) is 37.8 Å². The SMILES string of the molecule is CC#CC/C(=C\C1=C(CC)OCCN[B]1)C(CN)C(=O)Nc1ccc2cnccc2c1. The van der Waals surface area contributed by atoms with Gasteiger partial charge in [-0.15, -0.1) is 5.92 Å². The topological polar surface area (TPSA) is 89.3 Å². The molecule has 1 aliphatic rings. The van der Waals surface area contributed by atoms with E-state index in [-0.39, 0.29) is 12.5 Å². The number of nitrogens with one attached hydrogen (secondary N) is 2. The minimum atomic E-state index is -0.503. The second-order valence-corrected chi connectivity index (χ2v) is 7.22. The lowest BCUT2D eigenvalue weighted by atomic mass is 9.78. The second kappa shape index (κ2) is 11.4. The second-order valence-electron chi connectivity index (χ2n) is 7.22. The Balaban J connectivity index is 1.88. The molecule has 1 aromatic heterocycles. The summed E-state index contributed by atoms with van der Waals surface area (Å²) in [5.41, 5.74) is 8.58. The number of ether oxygens (including phenoxy) is 1. The molecule has 1 unspecified atom stereocenters. The van der Waals surface area contributed by atoms with Crippen LogP contribution in [0.2, 0.25) is 0 Å². The first kappa shape index (κ1) is 22.6. The summed E-state index contributed by atoms with van der Waals surface area (Å²) >= 11 is 0. The number of fused-ring (bicyclic) bond motifs is 1. The van der Waals surface area contributed by atoms with Crippen molar-refractivity contribution in [2.75, 3.05) is 25.0 Å². The van der Waals surface area contributed by atoms with Crippen molar-refractivity contribution in [3.63, 3.8) is 0 Å². The van der Waals surface area contributed by atoms with Crippen LogP contribution in [0.25, 0.3) is 10.8 Å². The number of amides is 1. The maximum Gasteiger partial charge on any atom is 0.249 e. The first-order valence-electron chi connectivity index (χ1n) is 10.5. The highest BCUT2D eigenvalue weighted by Crippen LogP contribution is 2.23. The lowest BCUT2D eigenvalue weighted by molar-refractivity contribution is -0.118. The number of nitrogens with zero attached hydrogens (tertiary/aromatic N) is 1. The fourth-order valence-corrected chi connectivity index (χ4v) is 3.49. The molecular weight excluding hydrogens is 387 g/mol. The molecule has 4 N–H and O–H groups in total. The Morgan fingerprint density at radius 1 is 1.42 bits per heavy atom. The van der Waals surface area contributed by atoms with Crippen molar-refractivity contribution < 1.29 is 9.53 Å². The molecule has 1 aliphatic heterocycles. The zero-order valence-electron chi connectivity index (χ0n) is 18.1. The number of hydrogen-bond acceptors (Lipinski definition) is 5. The maximum absolute atomic E-state index is 13.2. The van der Waals surface area contributed by atoms with E-state index < -0.39 is 5.92 Å². The van der Waals surface area contributed by atoms with Crippen LogP contribution >= 0.6 is 0 Å². The average Bonchev–Trinajstić information content (AvgIpc) is 3.02. The Morgan fingerprint density at radius 2 is 2.29 bits per heavy atom. The molecule has 1 aromatic carbocycles. The number of nitrogens with two attached hydrogens (primary N) is 1. The minimum absolute atomic E-state index is 0.152. The number of carbonyl (C=O) groups excluding carboxylic acids is 1. The maximum atomic E-state index is 13.2. The average molecular weight is 415 g/mol. The Bertz CT molecular complexity index is 1050. The summed E-state index contributed by atoms with van der Waals surface area (Å²) in [4.78, 5) is 17.3. The predicted molar refractivity (Wildman–Crippen MR) is 126 cm³/mol. The molecule has 3 rings (SSSR count). The first-order valence-corrected chi connectivity index (χ1v) is 10.5. The number of hydrogen-bond donors (Lipinski definition) is 3. The van der Waals surface area contributed by atoms with E-state index in [1.54, 1.807) is 19.3 Å². The van der Waals surface area contributed by atoms with Crippen molar-refractivity contribution in [1.29, 1.82) is 0 Å². The van der Waals surface area contributed by atoms with Gasteiger partial charge >= 0.3 is 0 Å². The van der Waals surface area contributed by atoms with Crippen LogP contribution in [0.1, 0.15) is 26.7 Å². The van der Waals surface area contributed by atoms with Gasteiger partial charge in [0.05, 0.1) is 18.3 Å². The van der Waals surface area contributed by atoms with Gasteiger partial charge in [-0.3, -0.25) is 9.78 Å². The van der Waals surface area contributed by atoms with Crippen LogP contribution in [-0.4, -0.2) is 38.0 Å². The van der Waals surface area contributed by atoms with Crippen LogP contribution < -0.4 is 16.3 Å². The third-order valence-corrected chi connectivity index (χ3v) is 5.14. The fraction of sp³-hybridized carbons (Fsp3) is 0.333. The van der Waals surface area contributed by atoms with Crippen molar-refractivity contribution in [2.45, 2.75) is 26.7 Å². The summed E-state index contributed by atoms with van der Waals surface area (Å²) in [6.07, 6.45) is 6.75. The van der Waals surface area contributed by atoms with E-state index in [4.69, 9.17) is 10.5 Å². The molecule has 1 atom stereocenters. The molecule has 1 amide bonds. The molecule has 0 aliphatic carbocycles. The Hall–Kier alpha value is -3.08. The summed E-state index contributed by atoms with van der Waals surface area (Å²) < 4.78 is 5.85. The highest BCUT2D eigenvalue weighted by molar-refractivity contribution is 6.44. The molecule has 159 valence electrons. The molecule has 0 bridgehead atoms. The molecule has 0 saturated heterocycles. The number of aromatic nitrogens is 1. The normalized spacial score (nSPS) is 15.3. The van der Waals surface area contributed by atoms with Gasteiger partial charge in [-0.25, -0.2) is 0 Å². The third kappa shape index (κ3) is 5.97. The largest absolute Gasteiger partial charge is 0.497 e. The van der Waals surface area contributed by atoms with Gasteiger partial charge in [0.2, 0.25) is 13.3 Å². The smallest absolute Gasteiger partial charge is 0.249 e. The lowest BCUT2D eigenvalue weighted by Gasteiger charge is -2.19. The van der Waals surface area contributed by atoms with Crippen LogP contribution in [0.4, 0.5) is 5.69 Å². The van der Waals surface area contributed by atoms with Gasteiger partial charge in [0.15, 0.2) is 0 Å².